The van der Waals surface area contributed by atoms with Crippen LogP contribution in [0, 0.1) is 0 Å². The van der Waals surface area contributed by atoms with Crippen LogP contribution in [-0.4, -0.2) is 18.9 Å². The molecule has 4 N–H and O–H groups in total. The fraction of sp³-hybridized carbons (Fsp3) is 0.250. The quantitative estimate of drug-likeness (QED) is 0.550. The summed E-state index contributed by atoms with van der Waals surface area (Å²) in [6, 6.07) is 11.3. The molecule has 0 saturated carbocycles. The largest absolute Gasteiger partial charge is 0.454 e. The van der Waals surface area contributed by atoms with E-state index in [1.165, 1.54) is 0 Å². The summed E-state index contributed by atoms with van der Waals surface area (Å²) >= 11 is 3.54. The van der Waals surface area contributed by atoms with Crippen LogP contribution in [0.15, 0.2) is 50.3 Å². The van der Waals surface area contributed by atoms with Crippen LogP contribution < -0.4 is 16.4 Å². The molecule has 0 fully saturated rings. The molecule has 6 nitrogen and oxygen atoms in total. The number of aliphatic imine (C=N–C) groups is 1. The number of guanidine groups is 1. The highest BCUT2D eigenvalue weighted by Gasteiger charge is 2.11. The smallest absolute Gasteiger partial charge is 0.284 e. The van der Waals surface area contributed by atoms with Crippen molar-refractivity contribution in [3.05, 3.63) is 58.0 Å². The van der Waals surface area contributed by atoms with Crippen molar-refractivity contribution < 1.29 is 9.21 Å². The normalized spacial score (nSPS) is 12.7. The molecule has 0 aliphatic carbocycles. The van der Waals surface area contributed by atoms with Gasteiger partial charge in [-0.05, 0) is 30.7 Å². The Morgan fingerprint density at radius 3 is 2.70 bits per heavy atom. The number of hydrogen-bond acceptors (Lipinski definition) is 3. The first-order valence-electron chi connectivity index (χ1n) is 7.11. The zero-order valence-corrected chi connectivity index (χ0v) is 14.6. The maximum absolute atomic E-state index is 11.0. The molecule has 1 aromatic heterocycles. The van der Waals surface area contributed by atoms with E-state index in [9.17, 15) is 4.79 Å². The first-order chi connectivity index (χ1) is 11.0. The van der Waals surface area contributed by atoms with Crippen LogP contribution >= 0.6 is 15.9 Å². The van der Waals surface area contributed by atoms with Gasteiger partial charge in [0.25, 0.3) is 5.91 Å². The standard InChI is InChI=1S/C16H19BrN4O2/c1-10(12-5-3-4-6-13(12)17)21-16(19-2)20-9-11-7-8-14(23-11)15(18)22/h3-8,10H,9H2,1-2H3,(H2,18,22)(H2,19,20,21). The number of carbonyl (C=O) groups excluding carboxylic acids is 1. The van der Waals surface area contributed by atoms with Gasteiger partial charge in [0.1, 0.15) is 5.76 Å². The Morgan fingerprint density at radius 1 is 1.35 bits per heavy atom. The average Bonchev–Trinajstić information content (AvgIpc) is 3.00. The van der Waals surface area contributed by atoms with Gasteiger partial charge in [-0.15, -0.1) is 0 Å². The maximum Gasteiger partial charge on any atom is 0.284 e. The zero-order chi connectivity index (χ0) is 16.8. The molecule has 0 spiro atoms. The molecule has 1 aromatic carbocycles. The minimum Gasteiger partial charge on any atom is -0.454 e. The van der Waals surface area contributed by atoms with E-state index in [0.717, 1.165) is 10.0 Å². The van der Waals surface area contributed by atoms with Gasteiger partial charge in [-0.1, -0.05) is 34.1 Å². The predicted octanol–water partition coefficient (Wildman–Crippen LogP) is 2.57. The van der Waals surface area contributed by atoms with Gasteiger partial charge in [-0.2, -0.15) is 0 Å². The topological polar surface area (TPSA) is 92.6 Å². The van der Waals surface area contributed by atoms with E-state index in [-0.39, 0.29) is 11.8 Å². The molecule has 0 bridgehead atoms. The number of benzene rings is 1. The molecule has 1 atom stereocenters. The summed E-state index contributed by atoms with van der Waals surface area (Å²) < 4.78 is 6.36. The van der Waals surface area contributed by atoms with Gasteiger partial charge in [0.05, 0.1) is 12.6 Å². The number of furan rings is 1. The monoisotopic (exact) mass is 378 g/mol. The molecular formula is C16H19BrN4O2. The molecular weight excluding hydrogens is 360 g/mol. The summed E-state index contributed by atoms with van der Waals surface area (Å²) in [5, 5.41) is 6.43. The molecule has 1 amide bonds. The molecule has 1 unspecified atom stereocenters. The molecule has 0 aliphatic heterocycles. The molecule has 23 heavy (non-hydrogen) atoms. The molecule has 2 rings (SSSR count). The lowest BCUT2D eigenvalue weighted by Crippen LogP contribution is -2.38. The van der Waals surface area contributed by atoms with E-state index in [0.29, 0.717) is 18.3 Å². The third kappa shape index (κ3) is 4.59. The van der Waals surface area contributed by atoms with Crippen molar-refractivity contribution >= 4 is 27.8 Å². The van der Waals surface area contributed by atoms with E-state index in [1.807, 2.05) is 31.2 Å². The second-order valence-corrected chi connectivity index (χ2v) is 5.80. The lowest BCUT2D eigenvalue weighted by atomic mass is 10.1. The minimum absolute atomic E-state index is 0.0644. The Balaban J connectivity index is 1.95. The van der Waals surface area contributed by atoms with Crippen LogP contribution in [0.1, 0.15) is 34.8 Å². The number of nitrogens with two attached hydrogens (primary N) is 1. The molecule has 2 aromatic rings. The highest BCUT2D eigenvalue weighted by Crippen LogP contribution is 2.22. The van der Waals surface area contributed by atoms with E-state index in [1.54, 1.807) is 19.2 Å². The van der Waals surface area contributed by atoms with E-state index >= 15 is 0 Å². The van der Waals surface area contributed by atoms with Crippen LogP contribution in [0.3, 0.4) is 0 Å². The van der Waals surface area contributed by atoms with Gasteiger partial charge in [0, 0.05) is 11.5 Å². The molecule has 1 heterocycles. The number of primary amides is 1. The highest BCUT2D eigenvalue weighted by atomic mass is 79.9. The van der Waals surface area contributed by atoms with Gasteiger partial charge in [0.2, 0.25) is 0 Å². The SMILES string of the molecule is CN=C(NCc1ccc(C(N)=O)o1)NC(C)c1ccccc1Br. The van der Waals surface area contributed by atoms with Crippen LogP contribution in [0.4, 0.5) is 0 Å². The Morgan fingerprint density at radius 2 is 2.09 bits per heavy atom. The number of nitrogens with zero attached hydrogens (tertiary/aromatic N) is 1. The predicted molar refractivity (Wildman–Crippen MR) is 93.1 cm³/mol. The number of hydrogen-bond donors (Lipinski definition) is 3. The van der Waals surface area contributed by atoms with Crippen LogP contribution in [-0.2, 0) is 6.54 Å². The molecule has 122 valence electrons. The van der Waals surface area contributed by atoms with E-state index in [4.69, 9.17) is 10.2 Å². The Labute approximate surface area is 143 Å². The fourth-order valence-corrected chi connectivity index (χ4v) is 2.71. The summed E-state index contributed by atoms with van der Waals surface area (Å²) in [4.78, 5) is 15.2. The summed E-state index contributed by atoms with van der Waals surface area (Å²) in [6.07, 6.45) is 0. The highest BCUT2D eigenvalue weighted by molar-refractivity contribution is 9.10. The molecule has 0 radical (unpaired) electrons. The molecule has 0 saturated heterocycles. The van der Waals surface area contributed by atoms with Crippen molar-refractivity contribution in [1.29, 1.82) is 0 Å². The Bertz CT molecular complexity index is 712. The van der Waals surface area contributed by atoms with Crippen molar-refractivity contribution in [1.82, 2.24) is 10.6 Å². The number of rotatable bonds is 5. The lowest BCUT2D eigenvalue weighted by Gasteiger charge is -2.19. The van der Waals surface area contributed by atoms with Gasteiger partial charge >= 0.3 is 0 Å². The van der Waals surface area contributed by atoms with Gasteiger partial charge in [-0.25, -0.2) is 0 Å². The van der Waals surface area contributed by atoms with Crippen molar-refractivity contribution in [3.8, 4) is 0 Å². The first kappa shape index (κ1) is 17.1. The molecule has 7 heteroatoms. The second kappa shape index (κ2) is 7.82. The minimum atomic E-state index is -0.582. The van der Waals surface area contributed by atoms with Crippen molar-refractivity contribution in [2.24, 2.45) is 10.7 Å². The maximum atomic E-state index is 11.0. The van der Waals surface area contributed by atoms with Crippen molar-refractivity contribution in [3.63, 3.8) is 0 Å². The average molecular weight is 379 g/mol. The second-order valence-electron chi connectivity index (χ2n) is 4.94. The Hall–Kier alpha value is -2.28. The summed E-state index contributed by atoms with van der Waals surface area (Å²) in [6.45, 7) is 2.45. The number of carbonyl (C=O) groups is 1. The molecule has 0 aliphatic rings. The first-order valence-corrected chi connectivity index (χ1v) is 7.90. The van der Waals surface area contributed by atoms with Gasteiger partial charge in [-0.3, -0.25) is 9.79 Å². The van der Waals surface area contributed by atoms with Crippen molar-refractivity contribution in [2.75, 3.05) is 7.05 Å². The summed E-state index contributed by atoms with van der Waals surface area (Å²) in [7, 11) is 1.69. The Kier molecular flexibility index (Phi) is 5.81. The number of nitrogens with one attached hydrogen (secondary N) is 2. The summed E-state index contributed by atoms with van der Waals surface area (Å²) in [5.74, 6) is 0.799. The van der Waals surface area contributed by atoms with Crippen LogP contribution in [0.25, 0.3) is 0 Å². The van der Waals surface area contributed by atoms with E-state index < -0.39 is 5.91 Å². The van der Waals surface area contributed by atoms with Crippen LogP contribution in [0.2, 0.25) is 0 Å². The summed E-state index contributed by atoms with van der Waals surface area (Å²) in [5.41, 5.74) is 6.29. The van der Waals surface area contributed by atoms with Crippen LogP contribution in [0.5, 0.6) is 0 Å². The number of halogens is 1. The fourth-order valence-electron chi connectivity index (χ4n) is 2.08. The van der Waals surface area contributed by atoms with Gasteiger partial charge < -0.3 is 20.8 Å². The number of amides is 1. The van der Waals surface area contributed by atoms with E-state index in [2.05, 4.69) is 31.6 Å². The van der Waals surface area contributed by atoms with Crippen molar-refractivity contribution in [2.45, 2.75) is 19.5 Å². The lowest BCUT2D eigenvalue weighted by molar-refractivity contribution is 0.0972. The zero-order valence-electron chi connectivity index (χ0n) is 13.0. The third-order valence-corrected chi connectivity index (χ3v) is 4.01. The van der Waals surface area contributed by atoms with Gasteiger partial charge in [0.15, 0.2) is 11.7 Å². The third-order valence-electron chi connectivity index (χ3n) is 3.28.